The molecule has 1 aliphatic carbocycles. The standard InChI is InChI=1S/C16H30N4O2.ClH/c1-20(14-8-5-10-17-11-9-14)12-15(21)19-16(22)18-13-6-3-2-4-7-13;/h13-14,17H,2-12H2,1H3,(H2,18,19,21,22);1H. The van der Waals surface area contributed by atoms with Crippen molar-refractivity contribution >= 4 is 24.3 Å². The van der Waals surface area contributed by atoms with Crippen molar-refractivity contribution in [3.63, 3.8) is 0 Å². The Morgan fingerprint density at radius 1 is 1.04 bits per heavy atom. The van der Waals surface area contributed by atoms with E-state index in [1.54, 1.807) is 0 Å². The molecule has 2 rings (SSSR count). The summed E-state index contributed by atoms with van der Waals surface area (Å²) in [4.78, 5) is 25.9. The number of urea groups is 1. The lowest BCUT2D eigenvalue weighted by Crippen LogP contribution is -2.48. The second-order valence-electron chi connectivity index (χ2n) is 6.61. The number of imide groups is 1. The highest BCUT2D eigenvalue weighted by atomic mass is 35.5. The zero-order valence-electron chi connectivity index (χ0n) is 14.1. The molecule has 2 fully saturated rings. The molecule has 23 heavy (non-hydrogen) atoms. The van der Waals surface area contributed by atoms with Crippen LogP contribution in [-0.4, -0.2) is 55.6 Å². The Bertz CT molecular complexity index is 367. The molecule has 134 valence electrons. The van der Waals surface area contributed by atoms with Gasteiger partial charge in [-0.2, -0.15) is 0 Å². The van der Waals surface area contributed by atoms with Crippen LogP contribution in [0, 0.1) is 0 Å². The number of nitrogens with one attached hydrogen (secondary N) is 3. The van der Waals surface area contributed by atoms with E-state index in [0.29, 0.717) is 6.04 Å². The van der Waals surface area contributed by atoms with Gasteiger partial charge in [0.15, 0.2) is 0 Å². The smallest absolute Gasteiger partial charge is 0.321 e. The molecule has 1 aliphatic heterocycles. The molecular formula is C16H31ClN4O2. The van der Waals surface area contributed by atoms with Gasteiger partial charge in [0, 0.05) is 12.1 Å². The molecule has 6 nitrogen and oxygen atoms in total. The van der Waals surface area contributed by atoms with Crippen LogP contribution in [0.3, 0.4) is 0 Å². The van der Waals surface area contributed by atoms with Gasteiger partial charge in [-0.15, -0.1) is 12.4 Å². The molecule has 1 unspecified atom stereocenters. The maximum Gasteiger partial charge on any atom is 0.321 e. The molecule has 1 heterocycles. The van der Waals surface area contributed by atoms with E-state index in [0.717, 1.165) is 58.0 Å². The summed E-state index contributed by atoms with van der Waals surface area (Å²) in [6.45, 7) is 2.34. The second kappa shape index (κ2) is 10.8. The zero-order chi connectivity index (χ0) is 15.8. The number of hydrogen-bond donors (Lipinski definition) is 3. The first kappa shape index (κ1) is 20.2. The zero-order valence-corrected chi connectivity index (χ0v) is 14.9. The van der Waals surface area contributed by atoms with E-state index in [-0.39, 0.29) is 36.9 Å². The average Bonchev–Trinajstić information content (AvgIpc) is 2.77. The number of rotatable bonds is 4. The Balaban J connectivity index is 0.00000264. The quantitative estimate of drug-likeness (QED) is 0.723. The molecule has 2 aliphatic rings. The van der Waals surface area contributed by atoms with Crippen molar-refractivity contribution in [3.05, 3.63) is 0 Å². The molecule has 0 aromatic heterocycles. The van der Waals surface area contributed by atoms with E-state index in [1.165, 1.54) is 6.42 Å². The lowest BCUT2D eigenvalue weighted by molar-refractivity contribution is -0.121. The van der Waals surface area contributed by atoms with Gasteiger partial charge >= 0.3 is 6.03 Å². The Labute approximate surface area is 145 Å². The molecule has 3 N–H and O–H groups in total. The van der Waals surface area contributed by atoms with Gasteiger partial charge in [0.2, 0.25) is 5.91 Å². The van der Waals surface area contributed by atoms with Gasteiger partial charge in [-0.25, -0.2) is 4.79 Å². The van der Waals surface area contributed by atoms with Crippen molar-refractivity contribution in [1.82, 2.24) is 20.9 Å². The lowest BCUT2D eigenvalue weighted by atomic mass is 9.96. The van der Waals surface area contributed by atoms with Gasteiger partial charge in [-0.3, -0.25) is 15.0 Å². The first-order valence-corrected chi connectivity index (χ1v) is 8.66. The molecule has 0 spiro atoms. The normalized spacial score (nSPS) is 22.8. The van der Waals surface area contributed by atoms with Crippen LogP contribution in [0.25, 0.3) is 0 Å². The fourth-order valence-electron chi connectivity index (χ4n) is 3.43. The van der Waals surface area contributed by atoms with Crippen LogP contribution in [0.15, 0.2) is 0 Å². The summed E-state index contributed by atoms with van der Waals surface area (Å²) in [5.41, 5.74) is 0. The predicted octanol–water partition coefficient (Wildman–Crippen LogP) is 1.64. The molecule has 3 amide bonds. The summed E-state index contributed by atoms with van der Waals surface area (Å²) in [6.07, 6.45) is 8.92. The Morgan fingerprint density at radius 3 is 2.52 bits per heavy atom. The third kappa shape index (κ3) is 7.50. The Kier molecular flexibility index (Phi) is 9.52. The SMILES string of the molecule is CN(CC(=O)NC(=O)NC1CCCCC1)C1CCCNCC1.Cl. The summed E-state index contributed by atoms with van der Waals surface area (Å²) in [7, 11) is 1.97. The number of carbonyl (C=O) groups is 2. The topological polar surface area (TPSA) is 73.5 Å². The maximum absolute atomic E-state index is 12.0. The van der Waals surface area contributed by atoms with E-state index >= 15 is 0 Å². The number of amides is 3. The van der Waals surface area contributed by atoms with Crippen molar-refractivity contribution < 1.29 is 9.59 Å². The van der Waals surface area contributed by atoms with E-state index in [2.05, 4.69) is 20.9 Å². The van der Waals surface area contributed by atoms with Gasteiger partial charge in [0.05, 0.1) is 6.54 Å². The maximum atomic E-state index is 12.0. The van der Waals surface area contributed by atoms with Crippen molar-refractivity contribution in [3.8, 4) is 0 Å². The van der Waals surface area contributed by atoms with Crippen molar-refractivity contribution in [2.75, 3.05) is 26.7 Å². The molecule has 1 atom stereocenters. The van der Waals surface area contributed by atoms with Gasteiger partial charge in [-0.05, 0) is 52.2 Å². The Morgan fingerprint density at radius 2 is 1.78 bits per heavy atom. The predicted molar refractivity (Wildman–Crippen MR) is 93.9 cm³/mol. The van der Waals surface area contributed by atoms with E-state index < -0.39 is 0 Å². The minimum Gasteiger partial charge on any atom is -0.335 e. The third-order valence-corrected chi connectivity index (χ3v) is 4.75. The van der Waals surface area contributed by atoms with Gasteiger partial charge in [0.25, 0.3) is 0 Å². The van der Waals surface area contributed by atoms with Crippen molar-refractivity contribution in [1.29, 1.82) is 0 Å². The molecular weight excluding hydrogens is 316 g/mol. The van der Waals surface area contributed by atoms with Gasteiger partial charge in [0.1, 0.15) is 0 Å². The Hall–Kier alpha value is -0.850. The lowest BCUT2D eigenvalue weighted by Gasteiger charge is -2.26. The van der Waals surface area contributed by atoms with Gasteiger partial charge < -0.3 is 10.6 Å². The fraction of sp³-hybridized carbons (Fsp3) is 0.875. The van der Waals surface area contributed by atoms with Crippen LogP contribution in [0.2, 0.25) is 0 Å². The molecule has 0 radical (unpaired) electrons. The highest BCUT2D eigenvalue weighted by molar-refractivity contribution is 5.95. The van der Waals surface area contributed by atoms with Crippen LogP contribution < -0.4 is 16.0 Å². The summed E-state index contributed by atoms with van der Waals surface area (Å²) in [5, 5.41) is 8.75. The second-order valence-corrected chi connectivity index (χ2v) is 6.61. The third-order valence-electron chi connectivity index (χ3n) is 4.75. The summed E-state index contributed by atoms with van der Waals surface area (Å²) < 4.78 is 0. The van der Waals surface area contributed by atoms with Crippen LogP contribution in [-0.2, 0) is 4.79 Å². The van der Waals surface area contributed by atoms with E-state index in [1.807, 2.05) is 7.05 Å². The average molecular weight is 347 g/mol. The van der Waals surface area contributed by atoms with Crippen LogP contribution in [0.1, 0.15) is 51.4 Å². The number of nitrogens with zero attached hydrogens (tertiary/aromatic N) is 1. The fourth-order valence-corrected chi connectivity index (χ4v) is 3.43. The first-order valence-electron chi connectivity index (χ1n) is 8.66. The van der Waals surface area contributed by atoms with Crippen molar-refractivity contribution in [2.24, 2.45) is 0 Å². The molecule has 0 aromatic carbocycles. The van der Waals surface area contributed by atoms with E-state index in [9.17, 15) is 9.59 Å². The van der Waals surface area contributed by atoms with Crippen LogP contribution in [0.4, 0.5) is 4.79 Å². The number of halogens is 1. The summed E-state index contributed by atoms with van der Waals surface area (Å²) >= 11 is 0. The molecule has 0 aromatic rings. The number of likely N-dealkylation sites (N-methyl/N-ethyl adjacent to an activating group) is 1. The highest BCUT2D eigenvalue weighted by Crippen LogP contribution is 2.17. The minimum absolute atomic E-state index is 0. The number of carbonyl (C=O) groups excluding carboxylic acids is 2. The van der Waals surface area contributed by atoms with Crippen LogP contribution in [0.5, 0.6) is 0 Å². The largest absolute Gasteiger partial charge is 0.335 e. The van der Waals surface area contributed by atoms with Gasteiger partial charge in [-0.1, -0.05) is 19.3 Å². The summed E-state index contributed by atoms with van der Waals surface area (Å²) in [6, 6.07) is 0.308. The summed E-state index contributed by atoms with van der Waals surface area (Å²) in [5.74, 6) is -0.215. The molecule has 1 saturated carbocycles. The molecule has 0 bridgehead atoms. The highest BCUT2D eigenvalue weighted by Gasteiger charge is 2.21. The number of hydrogen-bond acceptors (Lipinski definition) is 4. The molecule has 7 heteroatoms. The van der Waals surface area contributed by atoms with Crippen molar-refractivity contribution in [2.45, 2.75) is 63.5 Å². The minimum atomic E-state index is -0.340. The van der Waals surface area contributed by atoms with Crippen LogP contribution >= 0.6 is 12.4 Å². The van der Waals surface area contributed by atoms with E-state index in [4.69, 9.17) is 0 Å². The monoisotopic (exact) mass is 346 g/mol. The first-order chi connectivity index (χ1) is 10.6. The molecule has 1 saturated heterocycles.